The Morgan fingerprint density at radius 1 is 1.29 bits per heavy atom. The minimum absolute atomic E-state index is 0.155. The molecule has 0 aliphatic carbocycles. The van der Waals surface area contributed by atoms with Crippen molar-refractivity contribution in [2.45, 2.75) is 33.4 Å². The van der Waals surface area contributed by atoms with Crippen molar-refractivity contribution in [2.75, 3.05) is 0 Å². The number of aryl methyl sites for hydroxylation is 2. The average molecular weight is 436 g/mol. The van der Waals surface area contributed by atoms with Gasteiger partial charge in [0.15, 0.2) is 0 Å². The molecule has 0 bridgehead atoms. The summed E-state index contributed by atoms with van der Waals surface area (Å²) in [6.07, 6.45) is 3.86. The molecular formula is C20H19Cl2N3O2S. The summed E-state index contributed by atoms with van der Waals surface area (Å²) in [6.45, 7) is 4.55. The Morgan fingerprint density at radius 2 is 2.04 bits per heavy atom. The van der Waals surface area contributed by atoms with Crippen molar-refractivity contribution >= 4 is 46.6 Å². The van der Waals surface area contributed by atoms with Crippen molar-refractivity contribution in [1.82, 2.24) is 14.8 Å². The van der Waals surface area contributed by atoms with Gasteiger partial charge in [-0.2, -0.15) is 5.10 Å². The van der Waals surface area contributed by atoms with E-state index in [0.717, 1.165) is 28.4 Å². The van der Waals surface area contributed by atoms with Gasteiger partial charge in [0.25, 0.3) is 0 Å². The summed E-state index contributed by atoms with van der Waals surface area (Å²) in [7, 11) is 0. The molecule has 0 aliphatic heterocycles. The number of rotatable bonds is 7. The van der Waals surface area contributed by atoms with Crippen LogP contribution in [0.3, 0.4) is 0 Å². The van der Waals surface area contributed by atoms with E-state index >= 15 is 0 Å². The number of carbonyl (C=O) groups excluding carboxylic acids is 1. The van der Waals surface area contributed by atoms with Crippen LogP contribution in [-0.4, -0.2) is 20.7 Å². The molecule has 2 heterocycles. The summed E-state index contributed by atoms with van der Waals surface area (Å²) >= 11 is 13.9. The zero-order valence-electron chi connectivity index (χ0n) is 15.5. The number of carbonyl (C=O) groups is 1. The molecule has 0 radical (unpaired) electrons. The Balaban J connectivity index is 1.63. The summed E-state index contributed by atoms with van der Waals surface area (Å²) in [6, 6.07) is 7.49. The van der Waals surface area contributed by atoms with Crippen molar-refractivity contribution in [3.05, 3.63) is 73.4 Å². The molecule has 0 N–H and O–H groups in total. The van der Waals surface area contributed by atoms with Crippen LogP contribution in [0.1, 0.15) is 34.4 Å². The third-order valence-corrected chi connectivity index (χ3v) is 5.70. The lowest BCUT2D eigenvalue weighted by atomic mass is 10.2. The van der Waals surface area contributed by atoms with Gasteiger partial charge < -0.3 is 4.74 Å². The van der Waals surface area contributed by atoms with Crippen LogP contribution in [0.4, 0.5) is 0 Å². The highest BCUT2D eigenvalue weighted by Crippen LogP contribution is 2.23. The van der Waals surface area contributed by atoms with E-state index in [9.17, 15) is 4.79 Å². The van der Waals surface area contributed by atoms with Gasteiger partial charge >= 0.3 is 5.97 Å². The van der Waals surface area contributed by atoms with Crippen LogP contribution < -0.4 is 0 Å². The molecule has 3 rings (SSSR count). The number of thiazole rings is 1. The quantitative estimate of drug-likeness (QED) is 0.372. The normalized spacial score (nSPS) is 11.3. The lowest BCUT2D eigenvalue weighted by Gasteiger charge is -2.03. The fraction of sp³-hybridized carbons (Fsp3) is 0.250. The summed E-state index contributed by atoms with van der Waals surface area (Å²) < 4.78 is 6.92. The lowest BCUT2D eigenvalue weighted by Crippen LogP contribution is -2.02. The van der Waals surface area contributed by atoms with Crippen LogP contribution in [0.5, 0.6) is 0 Å². The average Bonchev–Trinajstić information content (AvgIpc) is 3.25. The molecule has 0 amide bonds. The van der Waals surface area contributed by atoms with Gasteiger partial charge in [0.2, 0.25) is 0 Å². The zero-order valence-corrected chi connectivity index (χ0v) is 17.8. The van der Waals surface area contributed by atoms with Gasteiger partial charge in [0, 0.05) is 22.0 Å². The fourth-order valence-corrected chi connectivity index (χ4v) is 3.70. The number of hydrogen-bond acceptors (Lipinski definition) is 5. The number of benzene rings is 1. The number of ether oxygens (including phenoxy) is 1. The summed E-state index contributed by atoms with van der Waals surface area (Å²) in [5.41, 5.74) is 3.21. The Morgan fingerprint density at radius 3 is 2.71 bits per heavy atom. The van der Waals surface area contributed by atoms with E-state index in [0.29, 0.717) is 22.3 Å². The third-order valence-electron chi connectivity index (χ3n) is 4.01. The van der Waals surface area contributed by atoms with Gasteiger partial charge in [0.1, 0.15) is 11.8 Å². The first-order chi connectivity index (χ1) is 13.5. The van der Waals surface area contributed by atoms with Gasteiger partial charge in [-0.25, -0.2) is 14.5 Å². The summed E-state index contributed by atoms with van der Waals surface area (Å²) in [4.78, 5) is 16.4. The molecule has 3 aromatic rings. The second-order valence-electron chi connectivity index (χ2n) is 6.10. The predicted molar refractivity (Wildman–Crippen MR) is 113 cm³/mol. The van der Waals surface area contributed by atoms with Crippen LogP contribution in [0.15, 0.2) is 35.7 Å². The number of aromatic nitrogens is 3. The smallest absolute Gasteiger partial charge is 0.331 e. The molecular weight excluding hydrogens is 417 g/mol. The molecule has 2 aromatic heterocycles. The zero-order chi connectivity index (χ0) is 20.1. The van der Waals surface area contributed by atoms with Crippen LogP contribution in [0.25, 0.3) is 6.08 Å². The molecule has 0 saturated heterocycles. The van der Waals surface area contributed by atoms with Crippen molar-refractivity contribution in [3.63, 3.8) is 0 Å². The molecule has 146 valence electrons. The second kappa shape index (κ2) is 9.37. The van der Waals surface area contributed by atoms with Gasteiger partial charge in [-0.1, -0.05) is 42.3 Å². The van der Waals surface area contributed by atoms with Crippen LogP contribution >= 0.6 is 34.5 Å². The predicted octanol–water partition coefficient (Wildman–Crippen LogP) is 5.32. The SMILES string of the molecule is CCc1nc(COC(=O)/C=C/c2c(C)nn(Cc3ccc(Cl)cc3)c2Cl)cs1. The van der Waals surface area contributed by atoms with Crippen LogP contribution in [0.2, 0.25) is 10.2 Å². The molecule has 0 atom stereocenters. The maximum atomic E-state index is 12.0. The Hall–Kier alpha value is -2.15. The maximum absolute atomic E-state index is 12.0. The minimum Gasteiger partial charge on any atom is -0.456 e. The Kier molecular flexibility index (Phi) is 6.88. The third kappa shape index (κ3) is 5.22. The fourth-order valence-electron chi connectivity index (χ4n) is 2.55. The van der Waals surface area contributed by atoms with E-state index in [-0.39, 0.29) is 6.61 Å². The Bertz CT molecular complexity index is 994. The number of esters is 1. The van der Waals surface area contributed by atoms with Gasteiger partial charge in [-0.05, 0) is 37.1 Å². The van der Waals surface area contributed by atoms with E-state index in [1.807, 2.05) is 43.5 Å². The maximum Gasteiger partial charge on any atom is 0.331 e. The number of nitrogens with zero attached hydrogens (tertiary/aromatic N) is 3. The van der Waals surface area contributed by atoms with Crippen molar-refractivity contribution in [2.24, 2.45) is 0 Å². The monoisotopic (exact) mass is 435 g/mol. The van der Waals surface area contributed by atoms with Gasteiger partial charge in [0.05, 0.1) is 22.9 Å². The topological polar surface area (TPSA) is 57.0 Å². The second-order valence-corrected chi connectivity index (χ2v) is 7.84. The standard InChI is InChI=1S/C20H19Cl2N3O2S/c1-3-18-23-16(12-28-18)11-27-19(26)9-8-17-13(2)24-25(20(17)22)10-14-4-6-15(21)7-5-14/h4-9,12H,3,10-11H2,1-2H3/b9-8+. The minimum atomic E-state index is -0.452. The number of halogens is 2. The van der Waals surface area contributed by atoms with E-state index in [4.69, 9.17) is 27.9 Å². The first kappa shape index (κ1) is 20.6. The van der Waals surface area contributed by atoms with E-state index in [1.165, 1.54) is 6.08 Å². The van der Waals surface area contributed by atoms with Crippen molar-refractivity contribution < 1.29 is 9.53 Å². The van der Waals surface area contributed by atoms with Crippen LogP contribution in [-0.2, 0) is 29.1 Å². The highest BCUT2D eigenvalue weighted by molar-refractivity contribution is 7.09. The van der Waals surface area contributed by atoms with E-state index in [1.54, 1.807) is 22.1 Å². The van der Waals surface area contributed by atoms with Crippen molar-refractivity contribution in [3.8, 4) is 0 Å². The van der Waals surface area contributed by atoms with E-state index < -0.39 is 5.97 Å². The van der Waals surface area contributed by atoms with Crippen molar-refractivity contribution in [1.29, 1.82) is 0 Å². The van der Waals surface area contributed by atoms with E-state index in [2.05, 4.69) is 10.1 Å². The molecule has 8 heteroatoms. The molecule has 0 saturated carbocycles. The highest BCUT2D eigenvalue weighted by atomic mass is 35.5. The lowest BCUT2D eigenvalue weighted by molar-refractivity contribution is -0.139. The molecule has 0 aliphatic rings. The number of hydrogen-bond donors (Lipinski definition) is 0. The largest absolute Gasteiger partial charge is 0.456 e. The summed E-state index contributed by atoms with van der Waals surface area (Å²) in [5.74, 6) is -0.452. The van der Waals surface area contributed by atoms with Crippen LogP contribution in [0, 0.1) is 6.92 Å². The first-order valence-corrected chi connectivity index (χ1v) is 10.3. The summed E-state index contributed by atoms with van der Waals surface area (Å²) in [5, 5.41) is 8.52. The van der Waals surface area contributed by atoms with Gasteiger partial charge in [-0.3, -0.25) is 0 Å². The Labute approximate surface area is 177 Å². The highest BCUT2D eigenvalue weighted by Gasteiger charge is 2.12. The molecule has 28 heavy (non-hydrogen) atoms. The molecule has 0 spiro atoms. The first-order valence-electron chi connectivity index (χ1n) is 8.71. The molecule has 0 fully saturated rings. The molecule has 5 nitrogen and oxygen atoms in total. The molecule has 0 unspecified atom stereocenters. The van der Waals surface area contributed by atoms with Gasteiger partial charge in [-0.15, -0.1) is 11.3 Å². The molecule has 1 aromatic carbocycles.